The van der Waals surface area contributed by atoms with Crippen molar-refractivity contribution >= 4 is 11.9 Å². The Morgan fingerprint density at radius 1 is 1.05 bits per heavy atom. The summed E-state index contributed by atoms with van der Waals surface area (Å²) in [4.78, 5) is 22.3. The molecule has 110 valence electrons. The third-order valence-electron chi connectivity index (χ3n) is 2.14. The SMILES string of the molecule is CC(=O)Oc1cc(F)c(OC(=O)CC(C)(C)C)cc1F. The van der Waals surface area contributed by atoms with Gasteiger partial charge in [0.15, 0.2) is 23.1 Å². The third kappa shape index (κ3) is 4.95. The Kier molecular flexibility index (Phi) is 4.81. The van der Waals surface area contributed by atoms with E-state index in [1.165, 1.54) is 0 Å². The highest BCUT2D eigenvalue weighted by Crippen LogP contribution is 2.28. The molecule has 0 fully saturated rings. The molecule has 0 bridgehead atoms. The topological polar surface area (TPSA) is 52.6 Å². The molecule has 0 spiro atoms. The number of ether oxygens (including phenoxy) is 2. The van der Waals surface area contributed by atoms with Crippen LogP contribution >= 0.6 is 0 Å². The molecule has 0 saturated carbocycles. The van der Waals surface area contributed by atoms with Crippen LogP contribution in [-0.4, -0.2) is 11.9 Å². The molecule has 0 saturated heterocycles. The van der Waals surface area contributed by atoms with Crippen molar-refractivity contribution in [2.75, 3.05) is 0 Å². The number of carbonyl (C=O) groups is 2. The van der Waals surface area contributed by atoms with Gasteiger partial charge in [-0.15, -0.1) is 0 Å². The number of halogens is 2. The van der Waals surface area contributed by atoms with Crippen LogP contribution in [0.3, 0.4) is 0 Å². The van der Waals surface area contributed by atoms with E-state index in [0.717, 1.165) is 6.92 Å². The first kappa shape index (κ1) is 16.1. The first-order chi connectivity index (χ1) is 9.08. The highest BCUT2D eigenvalue weighted by atomic mass is 19.1. The van der Waals surface area contributed by atoms with Gasteiger partial charge in [-0.1, -0.05) is 20.8 Å². The van der Waals surface area contributed by atoms with Crippen molar-refractivity contribution < 1.29 is 27.8 Å². The minimum atomic E-state index is -0.986. The lowest BCUT2D eigenvalue weighted by Gasteiger charge is -2.16. The smallest absolute Gasteiger partial charge is 0.311 e. The van der Waals surface area contributed by atoms with Crippen LogP contribution in [0.15, 0.2) is 12.1 Å². The van der Waals surface area contributed by atoms with Gasteiger partial charge in [-0.25, -0.2) is 8.78 Å². The standard InChI is InChI=1S/C14H16F2O4/c1-8(17)19-11-5-10(16)12(6-9(11)15)20-13(18)7-14(2,3)4/h5-6H,7H2,1-4H3. The van der Waals surface area contributed by atoms with E-state index in [4.69, 9.17) is 4.74 Å². The van der Waals surface area contributed by atoms with Crippen LogP contribution < -0.4 is 9.47 Å². The second-order valence-electron chi connectivity index (χ2n) is 5.52. The van der Waals surface area contributed by atoms with Gasteiger partial charge in [-0.2, -0.15) is 0 Å². The summed E-state index contributed by atoms with van der Waals surface area (Å²) in [7, 11) is 0. The van der Waals surface area contributed by atoms with Gasteiger partial charge in [0.1, 0.15) is 0 Å². The largest absolute Gasteiger partial charge is 0.423 e. The minimum absolute atomic E-state index is 0.0553. The van der Waals surface area contributed by atoms with Crippen LogP contribution in [0.2, 0.25) is 0 Å². The molecular weight excluding hydrogens is 270 g/mol. The average molecular weight is 286 g/mol. The Morgan fingerprint density at radius 2 is 1.50 bits per heavy atom. The van der Waals surface area contributed by atoms with Crippen molar-refractivity contribution in [2.24, 2.45) is 5.41 Å². The molecule has 0 amide bonds. The second-order valence-corrected chi connectivity index (χ2v) is 5.52. The molecule has 1 aromatic rings. The molecule has 4 nitrogen and oxygen atoms in total. The predicted molar refractivity (Wildman–Crippen MR) is 67.4 cm³/mol. The van der Waals surface area contributed by atoms with Gasteiger partial charge in [0, 0.05) is 19.1 Å². The summed E-state index contributed by atoms with van der Waals surface area (Å²) >= 11 is 0. The van der Waals surface area contributed by atoms with Crippen molar-refractivity contribution in [3.63, 3.8) is 0 Å². The van der Waals surface area contributed by atoms with E-state index in [1.807, 2.05) is 20.8 Å². The van der Waals surface area contributed by atoms with E-state index in [2.05, 4.69) is 4.74 Å². The zero-order valence-electron chi connectivity index (χ0n) is 11.8. The summed E-state index contributed by atoms with van der Waals surface area (Å²) in [5, 5.41) is 0. The second kappa shape index (κ2) is 5.98. The normalized spacial score (nSPS) is 11.1. The van der Waals surface area contributed by atoms with Gasteiger partial charge in [0.25, 0.3) is 0 Å². The zero-order valence-corrected chi connectivity index (χ0v) is 11.8. The number of rotatable bonds is 3. The minimum Gasteiger partial charge on any atom is -0.423 e. The summed E-state index contributed by atoms with van der Waals surface area (Å²) < 4.78 is 36.4. The first-order valence-electron chi connectivity index (χ1n) is 5.96. The number of carbonyl (C=O) groups excluding carboxylic acids is 2. The molecule has 1 rings (SSSR count). The molecule has 1 aromatic carbocycles. The van der Waals surface area contributed by atoms with Crippen LogP contribution in [0.5, 0.6) is 11.5 Å². The maximum atomic E-state index is 13.6. The van der Waals surface area contributed by atoms with Gasteiger partial charge in [-0.3, -0.25) is 9.59 Å². The molecule has 0 unspecified atom stereocenters. The monoisotopic (exact) mass is 286 g/mol. The molecule has 0 heterocycles. The van der Waals surface area contributed by atoms with Crippen molar-refractivity contribution in [1.82, 2.24) is 0 Å². The Bertz CT molecular complexity index is 533. The molecule has 0 aliphatic rings. The summed E-state index contributed by atoms with van der Waals surface area (Å²) in [6.45, 7) is 6.51. The molecule has 0 aromatic heterocycles. The van der Waals surface area contributed by atoms with Gasteiger partial charge >= 0.3 is 11.9 Å². The lowest BCUT2D eigenvalue weighted by molar-refractivity contribution is -0.136. The number of esters is 2. The average Bonchev–Trinajstić information content (AvgIpc) is 2.21. The van der Waals surface area contributed by atoms with Crippen LogP contribution in [0.4, 0.5) is 8.78 Å². The fourth-order valence-electron chi connectivity index (χ4n) is 1.41. The number of hydrogen-bond acceptors (Lipinski definition) is 4. The molecular formula is C14H16F2O4. The number of hydrogen-bond donors (Lipinski definition) is 0. The van der Waals surface area contributed by atoms with Crippen molar-refractivity contribution in [3.05, 3.63) is 23.8 Å². The van der Waals surface area contributed by atoms with E-state index in [0.29, 0.717) is 12.1 Å². The van der Waals surface area contributed by atoms with Crippen LogP contribution in [0, 0.1) is 17.0 Å². The van der Waals surface area contributed by atoms with Crippen LogP contribution in [0.1, 0.15) is 34.1 Å². The predicted octanol–water partition coefficient (Wildman–Crippen LogP) is 3.23. The maximum Gasteiger partial charge on any atom is 0.311 e. The fourth-order valence-corrected chi connectivity index (χ4v) is 1.41. The van der Waals surface area contributed by atoms with Crippen molar-refractivity contribution in [2.45, 2.75) is 34.1 Å². The molecule has 6 heteroatoms. The number of benzene rings is 1. The molecule has 0 N–H and O–H groups in total. The Labute approximate surface area is 115 Å². The summed E-state index contributed by atoms with van der Waals surface area (Å²) in [5.41, 5.74) is -0.330. The highest BCUT2D eigenvalue weighted by Gasteiger charge is 2.20. The lowest BCUT2D eigenvalue weighted by Crippen LogP contribution is -2.18. The Balaban J connectivity index is 2.90. The summed E-state index contributed by atoms with van der Waals surface area (Å²) in [6.07, 6.45) is 0.0553. The van der Waals surface area contributed by atoms with Crippen molar-refractivity contribution in [3.8, 4) is 11.5 Å². The fraction of sp³-hybridized carbons (Fsp3) is 0.429. The first-order valence-corrected chi connectivity index (χ1v) is 5.96. The quantitative estimate of drug-likeness (QED) is 0.632. The van der Waals surface area contributed by atoms with Crippen LogP contribution in [-0.2, 0) is 9.59 Å². The van der Waals surface area contributed by atoms with E-state index < -0.39 is 35.1 Å². The van der Waals surface area contributed by atoms with Gasteiger partial charge in [0.2, 0.25) is 0 Å². The molecule has 0 radical (unpaired) electrons. The Hall–Kier alpha value is -1.98. The van der Waals surface area contributed by atoms with Crippen LogP contribution in [0.25, 0.3) is 0 Å². The van der Waals surface area contributed by atoms with Gasteiger partial charge in [0.05, 0.1) is 6.42 Å². The summed E-state index contributed by atoms with van der Waals surface area (Å²) in [5.74, 6) is -4.50. The summed E-state index contributed by atoms with van der Waals surface area (Å²) in [6, 6.07) is 1.34. The Morgan fingerprint density at radius 3 is 1.90 bits per heavy atom. The van der Waals surface area contributed by atoms with Gasteiger partial charge in [-0.05, 0) is 5.41 Å². The van der Waals surface area contributed by atoms with E-state index in [-0.39, 0.29) is 11.8 Å². The van der Waals surface area contributed by atoms with Gasteiger partial charge < -0.3 is 9.47 Å². The maximum absolute atomic E-state index is 13.6. The third-order valence-corrected chi connectivity index (χ3v) is 2.14. The van der Waals surface area contributed by atoms with E-state index >= 15 is 0 Å². The molecule has 20 heavy (non-hydrogen) atoms. The lowest BCUT2D eigenvalue weighted by atomic mass is 9.92. The highest BCUT2D eigenvalue weighted by molar-refractivity contribution is 5.73. The molecule has 0 aliphatic carbocycles. The molecule has 0 aliphatic heterocycles. The molecule has 0 atom stereocenters. The van der Waals surface area contributed by atoms with Crippen molar-refractivity contribution in [1.29, 1.82) is 0 Å². The van der Waals surface area contributed by atoms with E-state index in [1.54, 1.807) is 0 Å². The van der Waals surface area contributed by atoms with E-state index in [9.17, 15) is 18.4 Å². The zero-order chi connectivity index (χ0) is 15.5.